The molecule has 0 saturated carbocycles. The summed E-state index contributed by atoms with van der Waals surface area (Å²) in [6.07, 6.45) is 0.922. The number of rotatable bonds is 0. The lowest BCUT2D eigenvalue weighted by atomic mass is 9.95. The van der Waals surface area contributed by atoms with Crippen molar-refractivity contribution in [3.8, 4) is 11.5 Å². The SMILES string of the molecule is Brc1cccc2c1Oc1ccc3ccccc3c1C2. The van der Waals surface area contributed by atoms with E-state index in [0.717, 1.165) is 22.4 Å². The topological polar surface area (TPSA) is 9.23 Å². The van der Waals surface area contributed by atoms with Crippen LogP contribution in [0.4, 0.5) is 0 Å². The Morgan fingerprint density at radius 2 is 1.79 bits per heavy atom. The highest BCUT2D eigenvalue weighted by molar-refractivity contribution is 9.10. The molecule has 0 atom stereocenters. The fourth-order valence-electron chi connectivity index (χ4n) is 2.70. The molecule has 4 rings (SSSR count). The second kappa shape index (κ2) is 4.10. The number of hydrogen-bond donors (Lipinski definition) is 0. The summed E-state index contributed by atoms with van der Waals surface area (Å²) in [5.74, 6) is 1.92. The van der Waals surface area contributed by atoms with Gasteiger partial charge in [0.15, 0.2) is 0 Å². The van der Waals surface area contributed by atoms with Crippen molar-refractivity contribution in [3.05, 3.63) is 70.2 Å². The monoisotopic (exact) mass is 310 g/mol. The standard InChI is InChI=1S/C17H11BrO/c18-15-7-3-5-12-10-14-13-6-2-1-4-11(13)8-9-16(14)19-17(12)15/h1-9H,10H2. The molecule has 19 heavy (non-hydrogen) atoms. The van der Waals surface area contributed by atoms with E-state index in [9.17, 15) is 0 Å². The third-order valence-corrected chi connectivity index (χ3v) is 4.25. The summed E-state index contributed by atoms with van der Waals surface area (Å²) in [7, 11) is 0. The van der Waals surface area contributed by atoms with Gasteiger partial charge in [0.1, 0.15) is 11.5 Å². The lowest BCUT2D eigenvalue weighted by molar-refractivity contribution is 0.458. The number of fused-ring (bicyclic) bond motifs is 4. The molecule has 1 aliphatic heterocycles. The first kappa shape index (κ1) is 11.1. The van der Waals surface area contributed by atoms with Crippen LogP contribution in [0, 0.1) is 0 Å². The fourth-order valence-corrected chi connectivity index (χ4v) is 3.19. The van der Waals surface area contributed by atoms with Crippen LogP contribution in [0.2, 0.25) is 0 Å². The molecule has 0 unspecified atom stereocenters. The van der Waals surface area contributed by atoms with E-state index in [-0.39, 0.29) is 0 Å². The highest BCUT2D eigenvalue weighted by Crippen LogP contribution is 2.43. The average molecular weight is 311 g/mol. The zero-order valence-electron chi connectivity index (χ0n) is 10.2. The van der Waals surface area contributed by atoms with Crippen LogP contribution in [0.1, 0.15) is 11.1 Å². The van der Waals surface area contributed by atoms with Crippen molar-refractivity contribution in [1.82, 2.24) is 0 Å². The normalized spacial score (nSPS) is 12.7. The van der Waals surface area contributed by atoms with Crippen LogP contribution >= 0.6 is 15.9 Å². The van der Waals surface area contributed by atoms with E-state index in [2.05, 4.69) is 64.5 Å². The summed E-state index contributed by atoms with van der Waals surface area (Å²) >= 11 is 3.56. The third kappa shape index (κ3) is 1.67. The van der Waals surface area contributed by atoms with Gasteiger partial charge in [-0.2, -0.15) is 0 Å². The molecule has 1 heterocycles. The van der Waals surface area contributed by atoms with Crippen molar-refractivity contribution in [3.63, 3.8) is 0 Å². The molecule has 0 N–H and O–H groups in total. The van der Waals surface area contributed by atoms with Crippen molar-refractivity contribution in [2.75, 3.05) is 0 Å². The minimum Gasteiger partial charge on any atom is -0.456 e. The molecule has 0 aromatic heterocycles. The molecule has 3 aromatic carbocycles. The molecule has 0 aliphatic carbocycles. The van der Waals surface area contributed by atoms with Gasteiger partial charge in [-0.15, -0.1) is 0 Å². The van der Waals surface area contributed by atoms with E-state index in [1.54, 1.807) is 0 Å². The molecular weight excluding hydrogens is 300 g/mol. The van der Waals surface area contributed by atoms with Gasteiger partial charge in [0.05, 0.1) is 4.47 Å². The molecule has 92 valence electrons. The van der Waals surface area contributed by atoms with Gasteiger partial charge in [0.25, 0.3) is 0 Å². The zero-order chi connectivity index (χ0) is 12.8. The maximum absolute atomic E-state index is 6.07. The Hall–Kier alpha value is -1.80. The second-order valence-electron chi connectivity index (χ2n) is 4.77. The maximum Gasteiger partial charge on any atom is 0.145 e. The predicted octanol–water partition coefficient (Wildman–Crippen LogP) is 5.30. The summed E-state index contributed by atoms with van der Waals surface area (Å²) < 4.78 is 7.09. The van der Waals surface area contributed by atoms with E-state index < -0.39 is 0 Å². The molecular formula is C17H11BrO. The van der Waals surface area contributed by atoms with Crippen molar-refractivity contribution in [1.29, 1.82) is 0 Å². The minimum absolute atomic E-state index is 0.922. The number of benzene rings is 3. The van der Waals surface area contributed by atoms with Gasteiger partial charge >= 0.3 is 0 Å². The molecule has 0 amide bonds. The molecule has 0 saturated heterocycles. The largest absolute Gasteiger partial charge is 0.456 e. The van der Waals surface area contributed by atoms with Crippen LogP contribution in [0.3, 0.4) is 0 Å². The van der Waals surface area contributed by atoms with E-state index in [1.807, 2.05) is 6.07 Å². The van der Waals surface area contributed by atoms with Gasteiger partial charge in [0.2, 0.25) is 0 Å². The average Bonchev–Trinajstić information content (AvgIpc) is 2.46. The van der Waals surface area contributed by atoms with Crippen LogP contribution in [0.5, 0.6) is 11.5 Å². The third-order valence-electron chi connectivity index (χ3n) is 3.63. The van der Waals surface area contributed by atoms with Gasteiger partial charge in [-0.05, 0) is 38.8 Å². The highest BCUT2D eigenvalue weighted by atomic mass is 79.9. The molecule has 2 heteroatoms. The molecule has 3 aromatic rings. The molecule has 0 radical (unpaired) electrons. The van der Waals surface area contributed by atoms with Gasteiger partial charge in [-0.25, -0.2) is 0 Å². The lowest BCUT2D eigenvalue weighted by Gasteiger charge is -2.22. The fraction of sp³-hybridized carbons (Fsp3) is 0.0588. The smallest absolute Gasteiger partial charge is 0.145 e. The van der Waals surface area contributed by atoms with Crippen LogP contribution in [-0.4, -0.2) is 0 Å². The molecule has 0 bridgehead atoms. The van der Waals surface area contributed by atoms with Crippen LogP contribution in [0.25, 0.3) is 10.8 Å². The lowest BCUT2D eigenvalue weighted by Crippen LogP contribution is -2.04. The summed E-state index contributed by atoms with van der Waals surface area (Å²) in [4.78, 5) is 0. The van der Waals surface area contributed by atoms with Crippen LogP contribution in [-0.2, 0) is 6.42 Å². The summed E-state index contributed by atoms with van der Waals surface area (Å²) in [6.45, 7) is 0. The van der Waals surface area contributed by atoms with Gasteiger partial charge in [-0.1, -0.05) is 42.5 Å². The Balaban J connectivity index is 1.97. The first-order valence-corrected chi connectivity index (χ1v) is 7.08. The Bertz CT molecular complexity index is 792. The molecule has 0 fully saturated rings. The number of hydrogen-bond acceptors (Lipinski definition) is 1. The Labute approximate surface area is 120 Å². The summed E-state index contributed by atoms with van der Waals surface area (Å²) in [5.41, 5.74) is 2.52. The van der Waals surface area contributed by atoms with Crippen LogP contribution < -0.4 is 4.74 Å². The first-order chi connectivity index (χ1) is 9.33. The minimum atomic E-state index is 0.922. The number of halogens is 1. The van der Waals surface area contributed by atoms with Crippen molar-refractivity contribution < 1.29 is 4.74 Å². The van der Waals surface area contributed by atoms with Crippen LogP contribution in [0.15, 0.2) is 59.1 Å². The van der Waals surface area contributed by atoms with Gasteiger partial charge in [0, 0.05) is 17.5 Å². The van der Waals surface area contributed by atoms with Crippen molar-refractivity contribution >= 4 is 26.7 Å². The molecule has 0 spiro atoms. The van der Waals surface area contributed by atoms with E-state index in [4.69, 9.17) is 4.74 Å². The molecule has 1 nitrogen and oxygen atoms in total. The Kier molecular flexibility index (Phi) is 2.39. The predicted molar refractivity (Wildman–Crippen MR) is 81.0 cm³/mol. The second-order valence-corrected chi connectivity index (χ2v) is 5.62. The Morgan fingerprint density at radius 3 is 2.74 bits per heavy atom. The highest BCUT2D eigenvalue weighted by Gasteiger charge is 2.20. The quantitative estimate of drug-likeness (QED) is 0.428. The van der Waals surface area contributed by atoms with E-state index in [0.29, 0.717) is 0 Å². The molecule has 1 aliphatic rings. The van der Waals surface area contributed by atoms with E-state index in [1.165, 1.54) is 21.9 Å². The van der Waals surface area contributed by atoms with Gasteiger partial charge in [-0.3, -0.25) is 0 Å². The van der Waals surface area contributed by atoms with Gasteiger partial charge < -0.3 is 4.74 Å². The summed E-state index contributed by atoms with van der Waals surface area (Å²) in [5, 5.41) is 2.55. The first-order valence-electron chi connectivity index (χ1n) is 6.29. The van der Waals surface area contributed by atoms with Crippen molar-refractivity contribution in [2.45, 2.75) is 6.42 Å². The Morgan fingerprint density at radius 1 is 0.895 bits per heavy atom. The zero-order valence-corrected chi connectivity index (χ0v) is 11.8. The summed E-state index contributed by atoms with van der Waals surface area (Å²) in [6, 6.07) is 18.9. The maximum atomic E-state index is 6.07. The number of ether oxygens (including phenoxy) is 1. The van der Waals surface area contributed by atoms with E-state index >= 15 is 0 Å². The number of para-hydroxylation sites is 1. The van der Waals surface area contributed by atoms with Crippen molar-refractivity contribution in [2.24, 2.45) is 0 Å².